The Morgan fingerprint density at radius 2 is 2.04 bits per heavy atom. The fourth-order valence-electron chi connectivity index (χ4n) is 2.97. The molecule has 1 amide bonds. The Bertz CT molecular complexity index is 721. The zero-order valence-electron chi connectivity index (χ0n) is 15.7. The maximum atomic E-state index is 12.3. The summed E-state index contributed by atoms with van der Waals surface area (Å²) >= 11 is 1.47. The molecule has 3 rings (SSSR count). The molecule has 0 radical (unpaired) electrons. The van der Waals surface area contributed by atoms with Crippen molar-refractivity contribution in [3.63, 3.8) is 0 Å². The largest absolute Gasteiger partial charge is 0.481 e. The lowest BCUT2D eigenvalue weighted by molar-refractivity contribution is -0.122. The van der Waals surface area contributed by atoms with E-state index in [0.717, 1.165) is 36.8 Å². The highest BCUT2D eigenvalue weighted by Gasteiger charge is 2.19. The number of rotatable bonds is 6. The van der Waals surface area contributed by atoms with Crippen molar-refractivity contribution in [3.05, 3.63) is 40.9 Å². The molecule has 1 aliphatic rings. The number of hydrogen-bond acceptors (Lipinski definition) is 5. The summed E-state index contributed by atoms with van der Waals surface area (Å²) in [5, 5.41) is 5.52. The van der Waals surface area contributed by atoms with Crippen molar-refractivity contribution < 1.29 is 9.53 Å². The summed E-state index contributed by atoms with van der Waals surface area (Å²) < 4.78 is 5.70. The topological polar surface area (TPSA) is 54.5 Å². The van der Waals surface area contributed by atoms with Crippen molar-refractivity contribution in [2.45, 2.75) is 46.3 Å². The molecule has 1 N–H and O–H groups in total. The van der Waals surface area contributed by atoms with Gasteiger partial charge in [-0.15, -0.1) is 11.3 Å². The molecule has 26 heavy (non-hydrogen) atoms. The second kappa shape index (κ2) is 8.64. The highest BCUT2D eigenvalue weighted by atomic mass is 32.1. The van der Waals surface area contributed by atoms with Crippen LogP contribution in [0.25, 0.3) is 0 Å². The van der Waals surface area contributed by atoms with Crippen molar-refractivity contribution in [1.29, 1.82) is 0 Å². The molecule has 1 aliphatic heterocycles. The van der Waals surface area contributed by atoms with Crippen molar-refractivity contribution in [2.24, 2.45) is 5.92 Å². The molecule has 6 heteroatoms. The molecule has 5 nitrogen and oxygen atoms in total. The van der Waals surface area contributed by atoms with Gasteiger partial charge in [-0.25, -0.2) is 4.98 Å². The average Bonchev–Trinajstić information content (AvgIpc) is 3.06. The van der Waals surface area contributed by atoms with E-state index < -0.39 is 6.10 Å². The average molecular weight is 374 g/mol. The van der Waals surface area contributed by atoms with E-state index in [1.807, 2.05) is 36.6 Å². The number of piperidine rings is 1. The van der Waals surface area contributed by atoms with Gasteiger partial charge in [0.05, 0.1) is 5.69 Å². The Morgan fingerprint density at radius 3 is 2.73 bits per heavy atom. The quantitative estimate of drug-likeness (QED) is 0.829. The van der Waals surface area contributed by atoms with Crippen molar-refractivity contribution in [3.8, 4) is 5.75 Å². The molecule has 1 unspecified atom stereocenters. The molecule has 1 saturated heterocycles. The summed E-state index contributed by atoms with van der Waals surface area (Å²) in [6.07, 6.45) is 1.93. The maximum Gasteiger partial charge on any atom is 0.266 e. The predicted octanol–water partition coefficient (Wildman–Crippen LogP) is 4.09. The summed E-state index contributed by atoms with van der Waals surface area (Å²) in [6, 6.07) is 7.68. The highest BCUT2D eigenvalue weighted by Crippen LogP contribution is 2.21. The lowest BCUT2D eigenvalue weighted by Gasteiger charge is -2.29. The number of benzene rings is 1. The summed E-state index contributed by atoms with van der Waals surface area (Å²) in [4.78, 5) is 19.3. The van der Waals surface area contributed by atoms with Crippen LogP contribution < -0.4 is 10.1 Å². The van der Waals surface area contributed by atoms with Gasteiger partial charge >= 0.3 is 0 Å². The molecule has 1 atom stereocenters. The summed E-state index contributed by atoms with van der Waals surface area (Å²) in [5.74, 6) is 1.34. The number of hydrogen-bond donors (Lipinski definition) is 1. The molecule has 0 saturated carbocycles. The van der Waals surface area contributed by atoms with E-state index in [-0.39, 0.29) is 5.91 Å². The van der Waals surface area contributed by atoms with E-state index in [4.69, 9.17) is 4.74 Å². The number of carbonyl (C=O) groups is 1. The lowest BCUT2D eigenvalue weighted by Crippen LogP contribution is -2.32. The van der Waals surface area contributed by atoms with Crippen LogP contribution in [0.5, 0.6) is 5.75 Å². The third-order valence-electron chi connectivity index (χ3n) is 4.75. The Labute approximate surface area is 159 Å². The van der Waals surface area contributed by atoms with Gasteiger partial charge in [0.15, 0.2) is 11.2 Å². The van der Waals surface area contributed by atoms with E-state index in [1.54, 1.807) is 6.92 Å². The predicted molar refractivity (Wildman–Crippen MR) is 106 cm³/mol. The molecule has 0 aliphatic carbocycles. The first-order valence-electron chi connectivity index (χ1n) is 9.20. The molecule has 140 valence electrons. The van der Waals surface area contributed by atoms with E-state index in [9.17, 15) is 4.79 Å². The van der Waals surface area contributed by atoms with Crippen molar-refractivity contribution in [1.82, 2.24) is 9.88 Å². The van der Waals surface area contributed by atoms with E-state index in [1.165, 1.54) is 24.2 Å². The third-order valence-corrected chi connectivity index (χ3v) is 5.55. The van der Waals surface area contributed by atoms with Crippen molar-refractivity contribution in [2.75, 3.05) is 18.4 Å². The fourth-order valence-corrected chi connectivity index (χ4v) is 3.67. The third kappa shape index (κ3) is 5.29. The molecule has 1 aromatic carbocycles. The van der Waals surface area contributed by atoms with Gasteiger partial charge in [-0.2, -0.15) is 0 Å². The van der Waals surface area contributed by atoms with Gasteiger partial charge in [0, 0.05) is 11.9 Å². The summed E-state index contributed by atoms with van der Waals surface area (Å²) in [7, 11) is 0. The van der Waals surface area contributed by atoms with Crippen LogP contribution in [0.1, 0.15) is 37.9 Å². The van der Waals surface area contributed by atoms with Crippen molar-refractivity contribution >= 4 is 22.4 Å². The van der Waals surface area contributed by atoms with E-state index >= 15 is 0 Å². The maximum absolute atomic E-state index is 12.3. The monoisotopic (exact) mass is 373 g/mol. The number of ether oxygens (including phenoxy) is 1. The van der Waals surface area contributed by atoms with Gasteiger partial charge in [-0.3, -0.25) is 15.0 Å². The van der Waals surface area contributed by atoms with Crippen LogP contribution in [0.4, 0.5) is 5.13 Å². The number of amides is 1. The molecular weight excluding hydrogens is 346 g/mol. The molecule has 1 aromatic heterocycles. The van der Waals surface area contributed by atoms with Gasteiger partial charge in [-0.05, 0) is 57.8 Å². The Hall–Kier alpha value is -1.92. The van der Waals surface area contributed by atoms with Crippen LogP contribution in [0.15, 0.2) is 29.6 Å². The number of aromatic nitrogens is 1. The fraction of sp³-hybridized carbons (Fsp3) is 0.500. The van der Waals surface area contributed by atoms with Crippen LogP contribution in [-0.2, 0) is 11.3 Å². The Balaban J connectivity index is 1.49. The Morgan fingerprint density at radius 1 is 1.35 bits per heavy atom. The van der Waals surface area contributed by atoms with Gasteiger partial charge in [-0.1, -0.05) is 24.6 Å². The zero-order valence-corrected chi connectivity index (χ0v) is 16.5. The summed E-state index contributed by atoms with van der Waals surface area (Å²) in [5.41, 5.74) is 2.18. The lowest BCUT2D eigenvalue weighted by atomic mass is 9.99. The number of nitrogens with one attached hydrogen (secondary N) is 1. The minimum Gasteiger partial charge on any atom is -0.481 e. The minimum absolute atomic E-state index is 0.182. The molecular formula is C20H27N3O2S. The van der Waals surface area contributed by atoms with Crippen LogP contribution in [0.2, 0.25) is 0 Å². The first-order valence-corrected chi connectivity index (χ1v) is 10.1. The molecule has 0 bridgehead atoms. The summed E-state index contributed by atoms with van der Waals surface area (Å²) in [6.45, 7) is 9.19. The highest BCUT2D eigenvalue weighted by molar-refractivity contribution is 7.13. The van der Waals surface area contributed by atoms with Crippen LogP contribution >= 0.6 is 11.3 Å². The standard InChI is InChI=1S/C20H27N3O2S/c1-14-4-6-18(7-5-14)25-16(3)19(24)22-20-21-17(13-26-20)12-23-10-8-15(2)9-11-23/h4-7,13,15-16H,8-12H2,1-3H3,(H,21,22,24). The second-order valence-electron chi connectivity index (χ2n) is 7.17. The number of thiazole rings is 1. The van der Waals surface area contributed by atoms with E-state index in [0.29, 0.717) is 10.9 Å². The van der Waals surface area contributed by atoms with E-state index in [2.05, 4.69) is 22.1 Å². The smallest absolute Gasteiger partial charge is 0.266 e. The van der Waals surface area contributed by atoms with Gasteiger partial charge in [0.2, 0.25) is 0 Å². The SMILES string of the molecule is Cc1ccc(OC(C)C(=O)Nc2nc(CN3CCC(C)CC3)cs2)cc1. The molecule has 2 heterocycles. The second-order valence-corrected chi connectivity index (χ2v) is 8.02. The molecule has 1 fully saturated rings. The minimum atomic E-state index is -0.575. The van der Waals surface area contributed by atoms with Crippen LogP contribution in [-0.4, -0.2) is 35.0 Å². The molecule has 2 aromatic rings. The Kier molecular flexibility index (Phi) is 6.27. The molecule has 0 spiro atoms. The van der Waals surface area contributed by atoms with Crippen LogP contribution in [0.3, 0.4) is 0 Å². The number of aryl methyl sites for hydroxylation is 1. The van der Waals surface area contributed by atoms with Gasteiger partial charge < -0.3 is 4.74 Å². The first-order chi connectivity index (χ1) is 12.5. The van der Waals surface area contributed by atoms with Crippen LogP contribution in [0, 0.1) is 12.8 Å². The number of anilines is 1. The van der Waals surface area contributed by atoms with Gasteiger partial charge in [0.1, 0.15) is 5.75 Å². The number of likely N-dealkylation sites (tertiary alicyclic amines) is 1. The zero-order chi connectivity index (χ0) is 18.5. The van der Waals surface area contributed by atoms with Gasteiger partial charge in [0.25, 0.3) is 5.91 Å². The first kappa shape index (κ1) is 18.9. The normalized spacial score (nSPS) is 17.0. The number of nitrogens with zero attached hydrogens (tertiary/aromatic N) is 2. The number of carbonyl (C=O) groups excluding carboxylic acids is 1.